The normalized spacial score (nSPS) is 14.5. The predicted octanol–water partition coefficient (Wildman–Crippen LogP) is 1.32. The molecule has 0 bridgehead atoms. The maximum absolute atomic E-state index is 12.5. The largest absolute Gasteiger partial charge is 0.337 e. The van der Waals surface area contributed by atoms with Gasteiger partial charge in [-0.1, -0.05) is 35.5 Å². The molecule has 7 heteroatoms. The Morgan fingerprint density at radius 2 is 1.87 bits per heavy atom. The zero-order valence-electron chi connectivity index (χ0n) is 12.4. The lowest BCUT2D eigenvalue weighted by molar-refractivity contribution is 0.0789. The zero-order chi connectivity index (χ0) is 15.8. The van der Waals surface area contributed by atoms with Crippen molar-refractivity contribution >= 4 is 11.4 Å². The first kappa shape index (κ1) is 13.7. The number of nitrogens with zero attached hydrogens (tertiary/aromatic N) is 4. The molecule has 7 nitrogen and oxygen atoms in total. The quantitative estimate of drug-likeness (QED) is 0.774. The first-order valence-electron chi connectivity index (χ1n) is 7.57. The van der Waals surface area contributed by atoms with Gasteiger partial charge in [0.05, 0.1) is 11.9 Å². The van der Waals surface area contributed by atoms with Gasteiger partial charge in [-0.3, -0.25) is 9.59 Å². The van der Waals surface area contributed by atoms with E-state index in [1.165, 1.54) is 4.52 Å². The minimum absolute atomic E-state index is 0.118. The van der Waals surface area contributed by atoms with Crippen LogP contribution in [0.1, 0.15) is 23.3 Å². The van der Waals surface area contributed by atoms with E-state index in [4.69, 9.17) is 0 Å². The summed E-state index contributed by atoms with van der Waals surface area (Å²) in [7, 11) is 0. The number of H-pyrrole nitrogens is 1. The van der Waals surface area contributed by atoms with Crippen LogP contribution in [-0.2, 0) is 0 Å². The van der Waals surface area contributed by atoms with Gasteiger partial charge < -0.3 is 9.88 Å². The Hall–Kier alpha value is -2.96. The molecule has 0 atom stereocenters. The molecule has 0 unspecified atom stereocenters. The Balaban J connectivity index is 1.81. The van der Waals surface area contributed by atoms with Crippen LogP contribution in [0.5, 0.6) is 0 Å². The lowest BCUT2D eigenvalue weighted by Crippen LogP contribution is -2.29. The second-order valence-corrected chi connectivity index (χ2v) is 5.59. The number of benzene rings is 1. The SMILES string of the molecule is O=C(c1nnn2cc(-c3ccccc3)[nH]c(=O)c12)N1CCCC1. The van der Waals surface area contributed by atoms with Crippen molar-refractivity contribution in [3.05, 3.63) is 52.6 Å². The van der Waals surface area contributed by atoms with Crippen molar-refractivity contribution in [2.45, 2.75) is 12.8 Å². The van der Waals surface area contributed by atoms with E-state index in [0.29, 0.717) is 18.8 Å². The highest BCUT2D eigenvalue weighted by Crippen LogP contribution is 2.17. The number of nitrogens with one attached hydrogen (secondary N) is 1. The molecule has 1 N–H and O–H groups in total. The van der Waals surface area contributed by atoms with Gasteiger partial charge in [0.15, 0.2) is 11.2 Å². The summed E-state index contributed by atoms with van der Waals surface area (Å²) in [5, 5.41) is 7.89. The fraction of sp³-hybridized carbons (Fsp3) is 0.250. The van der Waals surface area contributed by atoms with Crippen molar-refractivity contribution in [3.8, 4) is 11.3 Å². The molecule has 4 rings (SSSR count). The van der Waals surface area contributed by atoms with E-state index in [1.807, 2.05) is 30.3 Å². The van der Waals surface area contributed by atoms with Crippen molar-refractivity contribution in [2.75, 3.05) is 13.1 Å². The molecule has 2 aromatic heterocycles. The second-order valence-electron chi connectivity index (χ2n) is 5.59. The second kappa shape index (κ2) is 5.35. The molecule has 1 aliphatic rings. The summed E-state index contributed by atoms with van der Waals surface area (Å²) in [6.07, 6.45) is 3.65. The molecule has 0 spiro atoms. The summed E-state index contributed by atoms with van der Waals surface area (Å²) in [5.74, 6) is -0.226. The van der Waals surface area contributed by atoms with Crippen LogP contribution in [0.2, 0.25) is 0 Å². The van der Waals surface area contributed by atoms with Crippen LogP contribution in [0, 0.1) is 0 Å². The molecule has 0 aliphatic carbocycles. The van der Waals surface area contributed by atoms with Gasteiger partial charge in [-0.05, 0) is 18.4 Å². The van der Waals surface area contributed by atoms with E-state index in [9.17, 15) is 9.59 Å². The van der Waals surface area contributed by atoms with Crippen LogP contribution in [0.25, 0.3) is 16.8 Å². The van der Waals surface area contributed by atoms with Crippen LogP contribution in [-0.4, -0.2) is 43.7 Å². The van der Waals surface area contributed by atoms with Gasteiger partial charge in [0.2, 0.25) is 0 Å². The van der Waals surface area contributed by atoms with Gasteiger partial charge in [0, 0.05) is 13.1 Å². The van der Waals surface area contributed by atoms with E-state index in [0.717, 1.165) is 18.4 Å². The standard InChI is InChI=1S/C16H15N5O2/c22-15-14-13(16(23)20-8-4-5-9-20)18-19-21(14)10-12(17-15)11-6-2-1-3-7-11/h1-3,6-7,10H,4-5,8-9H2,(H,17,22). The smallest absolute Gasteiger partial charge is 0.276 e. The van der Waals surface area contributed by atoms with Crippen molar-refractivity contribution in [3.63, 3.8) is 0 Å². The molecule has 23 heavy (non-hydrogen) atoms. The number of aromatic nitrogens is 4. The third kappa shape index (κ3) is 2.30. The molecule has 1 aliphatic heterocycles. The number of fused-ring (bicyclic) bond motifs is 1. The number of aromatic amines is 1. The van der Waals surface area contributed by atoms with Gasteiger partial charge >= 0.3 is 0 Å². The van der Waals surface area contributed by atoms with Crippen LogP contribution in [0.3, 0.4) is 0 Å². The number of rotatable bonds is 2. The Labute approximate surface area is 131 Å². The number of carbonyl (C=O) groups is 1. The number of carbonyl (C=O) groups excluding carboxylic acids is 1. The van der Waals surface area contributed by atoms with Gasteiger partial charge in [-0.15, -0.1) is 5.10 Å². The Kier molecular flexibility index (Phi) is 3.18. The van der Waals surface area contributed by atoms with Gasteiger partial charge in [-0.2, -0.15) is 0 Å². The van der Waals surface area contributed by atoms with Gasteiger partial charge in [0.1, 0.15) is 0 Å². The summed E-state index contributed by atoms with van der Waals surface area (Å²) < 4.78 is 1.38. The fourth-order valence-corrected chi connectivity index (χ4v) is 2.91. The third-order valence-corrected chi connectivity index (χ3v) is 4.09. The van der Waals surface area contributed by atoms with E-state index in [2.05, 4.69) is 15.3 Å². The van der Waals surface area contributed by atoms with Crippen molar-refractivity contribution in [1.29, 1.82) is 0 Å². The molecule has 1 fully saturated rings. The van der Waals surface area contributed by atoms with E-state index >= 15 is 0 Å². The van der Waals surface area contributed by atoms with E-state index in [-0.39, 0.29) is 22.7 Å². The maximum Gasteiger partial charge on any atom is 0.276 e. The molecule has 1 amide bonds. The van der Waals surface area contributed by atoms with Crippen LogP contribution in [0.15, 0.2) is 41.3 Å². The fourth-order valence-electron chi connectivity index (χ4n) is 2.91. The summed E-state index contributed by atoms with van der Waals surface area (Å²) in [6, 6.07) is 9.47. The number of likely N-dealkylation sites (tertiary alicyclic amines) is 1. The van der Waals surface area contributed by atoms with Crippen molar-refractivity contribution in [2.24, 2.45) is 0 Å². The van der Waals surface area contributed by atoms with Gasteiger partial charge in [0.25, 0.3) is 11.5 Å². The number of amides is 1. The molecule has 0 saturated carbocycles. The van der Waals surface area contributed by atoms with E-state index < -0.39 is 0 Å². The highest BCUT2D eigenvalue weighted by Gasteiger charge is 2.25. The average molecular weight is 309 g/mol. The molecular formula is C16H15N5O2. The number of hydrogen-bond acceptors (Lipinski definition) is 4. The maximum atomic E-state index is 12.5. The Morgan fingerprint density at radius 3 is 2.61 bits per heavy atom. The number of hydrogen-bond donors (Lipinski definition) is 1. The van der Waals surface area contributed by atoms with Crippen LogP contribution < -0.4 is 5.56 Å². The summed E-state index contributed by atoms with van der Waals surface area (Å²) in [5.41, 5.74) is 1.45. The van der Waals surface area contributed by atoms with Crippen LogP contribution in [0.4, 0.5) is 0 Å². The Morgan fingerprint density at radius 1 is 1.13 bits per heavy atom. The molecular weight excluding hydrogens is 294 g/mol. The predicted molar refractivity (Wildman–Crippen MR) is 84.2 cm³/mol. The van der Waals surface area contributed by atoms with Crippen molar-refractivity contribution < 1.29 is 4.79 Å². The molecule has 1 saturated heterocycles. The zero-order valence-corrected chi connectivity index (χ0v) is 12.4. The molecule has 116 valence electrons. The van der Waals surface area contributed by atoms with Crippen LogP contribution >= 0.6 is 0 Å². The summed E-state index contributed by atoms with van der Waals surface area (Å²) in [6.45, 7) is 1.41. The monoisotopic (exact) mass is 309 g/mol. The molecule has 3 heterocycles. The summed E-state index contributed by atoms with van der Waals surface area (Å²) >= 11 is 0. The minimum Gasteiger partial charge on any atom is -0.337 e. The lowest BCUT2D eigenvalue weighted by atomic mass is 10.2. The summed E-state index contributed by atoms with van der Waals surface area (Å²) in [4.78, 5) is 29.5. The third-order valence-electron chi connectivity index (χ3n) is 4.09. The first-order chi connectivity index (χ1) is 11.2. The molecule has 1 aromatic carbocycles. The topological polar surface area (TPSA) is 83.4 Å². The van der Waals surface area contributed by atoms with Gasteiger partial charge in [-0.25, -0.2) is 4.52 Å². The molecule has 0 radical (unpaired) electrons. The Bertz CT molecular complexity index is 923. The highest BCUT2D eigenvalue weighted by atomic mass is 16.2. The minimum atomic E-state index is -0.362. The highest BCUT2D eigenvalue weighted by molar-refractivity contribution is 5.98. The average Bonchev–Trinajstić information content (AvgIpc) is 3.25. The van der Waals surface area contributed by atoms with Crippen molar-refractivity contribution in [1.82, 2.24) is 24.7 Å². The first-order valence-corrected chi connectivity index (χ1v) is 7.57. The van der Waals surface area contributed by atoms with E-state index in [1.54, 1.807) is 11.1 Å². The molecule has 3 aromatic rings. The lowest BCUT2D eigenvalue weighted by Gasteiger charge is -2.12.